The van der Waals surface area contributed by atoms with E-state index in [1.54, 1.807) is 24.3 Å². The summed E-state index contributed by atoms with van der Waals surface area (Å²) in [7, 11) is 0. The highest BCUT2D eigenvalue weighted by atomic mass is 16.6. The van der Waals surface area contributed by atoms with Crippen LogP contribution in [0.3, 0.4) is 0 Å². The van der Waals surface area contributed by atoms with Gasteiger partial charge in [-0.15, -0.1) is 0 Å². The summed E-state index contributed by atoms with van der Waals surface area (Å²) < 4.78 is 4.99. The van der Waals surface area contributed by atoms with Crippen LogP contribution in [0.25, 0.3) is 0 Å². The van der Waals surface area contributed by atoms with Crippen molar-refractivity contribution in [1.29, 1.82) is 0 Å². The fourth-order valence-electron chi connectivity index (χ4n) is 1.45. The number of ketones is 1. The number of hydrogen-bond acceptors (Lipinski definition) is 3. The summed E-state index contributed by atoms with van der Waals surface area (Å²) >= 11 is 0. The second-order valence-corrected chi connectivity index (χ2v) is 3.77. The molecule has 0 saturated carbocycles. The molecule has 2 rings (SSSR count). The highest BCUT2D eigenvalue weighted by molar-refractivity contribution is 5.99. The third-order valence-electron chi connectivity index (χ3n) is 2.49. The first kappa shape index (κ1) is 10.8. The molecule has 1 saturated heterocycles. The van der Waals surface area contributed by atoms with E-state index in [1.165, 1.54) is 0 Å². The van der Waals surface area contributed by atoms with Crippen molar-refractivity contribution in [3.05, 3.63) is 35.9 Å². The van der Waals surface area contributed by atoms with Gasteiger partial charge in [-0.3, -0.25) is 9.59 Å². The molecule has 0 unspecified atom stereocenters. The van der Waals surface area contributed by atoms with E-state index in [4.69, 9.17) is 4.74 Å². The molecule has 16 heavy (non-hydrogen) atoms. The van der Waals surface area contributed by atoms with Gasteiger partial charge in [0.15, 0.2) is 11.9 Å². The molecule has 0 aliphatic carbocycles. The SMILES string of the molecule is C[C@H]1O[C@H]1C(=O)NCC(=O)c1ccccc1. The van der Waals surface area contributed by atoms with Gasteiger partial charge in [0.25, 0.3) is 5.91 Å². The first-order chi connectivity index (χ1) is 7.68. The Balaban J connectivity index is 1.82. The fourth-order valence-corrected chi connectivity index (χ4v) is 1.45. The third-order valence-corrected chi connectivity index (χ3v) is 2.49. The number of carbonyl (C=O) groups is 2. The van der Waals surface area contributed by atoms with Crippen LogP contribution >= 0.6 is 0 Å². The number of epoxide rings is 1. The number of hydrogen-bond donors (Lipinski definition) is 1. The molecule has 1 heterocycles. The van der Waals surface area contributed by atoms with Gasteiger partial charge in [-0.1, -0.05) is 30.3 Å². The number of nitrogens with one attached hydrogen (secondary N) is 1. The zero-order valence-corrected chi connectivity index (χ0v) is 8.97. The number of amides is 1. The monoisotopic (exact) mass is 219 g/mol. The van der Waals surface area contributed by atoms with Crippen molar-refractivity contribution in [1.82, 2.24) is 5.32 Å². The van der Waals surface area contributed by atoms with Crippen LogP contribution in [0.1, 0.15) is 17.3 Å². The van der Waals surface area contributed by atoms with E-state index in [0.717, 1.165) is 0 Å². The molecule has 84 valence electrons. The largest absolute Gasteiger partial charge is 0.359 e. The van der Waals surface area contributed by atoms with Crippen molar-refractivity contribution < 1.29 is 14.3 Å². The fraction of sp³-hybridized carbons (Fsp3) is 0.333. The van der Waals surface area contributed by atoms with Crippen molar-refractivity contribution in [3.63, 3.8) is 0 Å². The summed E-state index contributed by atoms with van der Waals surface area (Å²) in [5, 5.41) is 2.56. The van der Waals surface area contributed by atoms with E-state index in [2.05, 4.69) is 5.32 Å². The minimum atomic E-state index is -0.372. The van der Waals surface area contributed by atoms with Gasteiger partial charge in [-0.2, -0.15) is 0 Å². The lowest BCUT2D eigenvalue weighted by Gasteiger charge is -2.02. The second-order valence-electron chi connectivity index (χ2n) is 3.77. The van der Waals surface area contributed by atoms with Crippen LogP contribution in [0.4, 0.5) is 0 Å². The number of benzene rings is 1. The minimum absolute atomic E-state index is 0.0215. The van der Waals surface area contributed by atoms with E-state index >= 15 is 0 Å². The van der Waals surface area contributed by atoms with Gasteiger partial charge in [0, 0.05) is 5.56 Å². The molecule has 1 N–H and O–H groups in total. The molecule has 0 radical (unpaired) electrons. The van der Waals surface area contributed by atoms with Crippen LogP contribution in [0, 0.1) is 0 Å². The predicted octanol–water partition coefficient (Wildman–Crippen LogP) is 0.773. The van der Waals surface area contributed by atoms with Crippen LogP contribution in [-0.2, 0) is 9.53 Å². The van der Waals surface area contributed by atoms with Crippen LogP contribution in [-0.4, -0.2) is 30.4 Å². The van der Waals surface area contributed by atoms with Gasteiger partial charge in [0.2, 0.25) is 0 Å². The topological polar surface area (TPSA) is 58.7 Å². The molecule has 0 aromatic heterocycles. The van der Waals surface area contributed by atoms with Crippen molar-refractivity contribution in [2.75, 3.05) is 6.54 Å². The summed E-state index contributed by atoms with van der Waals surface area (Å²) in [5.41, 5.74) is 0.604. The quantitative estimate of drug-likeness (QED) is 0.601. The Morgan fingerprint density at radius 3 is 2.50 bits per heavy atom. The van der Waals surface area contributed by atoms with E-state index < -0.39 is 0 Å². The van der Waals surface area contributed by atoms with Gasteiger partial charge in [-0.25, -0.2) is 0 Å². The number of Topliss-reactive ketones (excluding diaryl/α,β-unsaturated/α-hetero) is 1. The molecule has 4 heteroatoms. The first-order valence-electron chi connectivity index (χ1n) is 5.20. The molecular weight excluding hydrogens is 206 g/mol. The maximum absolute atomic E-state index is 11.6. The maximum Gasteiger partial charge on any atom is 0.252 e. The Kier molecular flexibility index (Phi) is 3.01. The second kappa shape index (κ2) is 4.45. The summed E-state index contributed by atoms with van der Waals surface area (Å²) in [4.78, 5) is 23.0. The third kappa shape index (κ3) is 2.46. The predicted molar refractivity (Wildman–Crippen MR) is 58.1 cm³/mol. The van der Waals surface area contributed by atoms with Gasteiger partial charge < -0.3 is 10.1 Å². The minimum Gasteiger partial charge on any atom is -0.359 e. The molecule has 0 spiro atoms. The normalized spacial score (nSPS) is 22.6. The van der Waals surface area contributed by atoms with Crippen molar-refractivity contribution in [2.24, 2.45) is 0 Å². The van der Waals surface area contributed by atoms with E-state index in [0.29, 0.717) is 5.56 Å². The van der Waals surface area contributed by atoms with Gasteiger partial charge in [-0.05, 0) is 6.92 Å². The highest BCUT2D eigenvalue weighted by Crippen LogP contribution is 2.20. The summed E-state index contributed by atoms with van der Waals surface area (Å²) in [6.45, 7) is 1.85. The maximum atomic E-state index is 11.6. The molecule has 1 aliphatic heterocycles. The molecule has 1 aromatic carbocycles. The zero-order chi connectivity index (χ0) is 11.5. The van der Waals surface area contributed by atoms with Crippen molar-refractivity contribution in [3.8, 4) is 0 Å². The summed E-state index contributed by atoms with van der Waals surface area (Å²) in [5.74, 6) is -0.306. The molecule has 1 aromatic rings. The number of rotatable bonds is 4. The lowest BCUT2D eigenvalue weighted by Crippen LogP contribution is -2.33. The Bertz CT molecular complexity index is 402. The smallest absolute Gasteiger partial charge is 0.252 e. The molecule has 1 aliphatic rings. The van der Waals surface area contributed by atoms with Crippen LogP contribution in [0.15, 0.2) is 30.3 Å². The van der Waals surface area contributed by atoms with Crippen LogP contribution in [0.5, 0.6) is 0 Å². The van der Waals surface area contributed by atoms with E-state index in [9.17, 15) is 9.59 Å². The van der Waals surface area contributed by atoms with Gasteiger partial charge >= 0.3 is 0 Å². The lowest BCUT2D eigenvalue weighted by molar-refractivity contribution is -0.122. The first-order valence-corrected chi connectivity index (χ1v) is 5.20. The van der Waals surface area contributed by atoms with Gasteiger partial charge in [0.1, 0.15) is 0 Å². The Labute approximate surface area is 93.6 Å². The molecule has 2 atom stereocenters. The number of carbonyl (C=O) groups excluding carboxylic acids is 2. The Morgan fingerprint density at radius 2 is 1.94 bits per heavy atom. The highest BCUT2D eigenvalue weighted by Gasteiger charge is 2.40. The molecule has 1 amide bonds. The summed E-state index contributed by atoms with van der Waals surface area (Å²) in [6, 6.07) is 8.88. The molecule has 4 nitrogen and oxygen atoms in total. The van der Waals surface area contributed by atoms with Crippen molar-refractivity contribution >= 4 is 11.7 Å². The molecule has 1 fully saturated rings. The lowest BCUT2D eigenvalue weighted by atomic mass is 10.1. The van der Waals surface area contributed by atoms with Crippen molar-refractivity contribution in [2.45, 2.75) is 19.1 Å². The molecular formula is C12H13NO3. The average molecular weight is 219 g/mol. The van der Waals surface area contributed by atoms with Gasteiger partial charge in [0.05, 0.1) is 12.6 Å². The van der Waals surface area contributed by atoms with E-state index in [1.807, 2.05) is 13.0 Å². The zero-order valence-electron chi connectivity index (χ0n) is 8.97. The average Bonchev–Trinajstić information content (AvgIpc) is 3.04. The number of ether oxygens (including phenoxy) is 1. The summed E-state index contributed by atoms with van der Waals surface area (Å²) in [6.07, 6.45) is -0.393. The Morgan fingerprint density at radius 1 is 1.31 bits per heavy atom. The van der Waals surface area contributed by atoms with Crippen LogP contribution < -0.4 is 5.32 Å². The Hall–Kier alpha value is -1.68. The molecule has 0 bridgehead atoms. The standard InChI is InChI=1S/C12H13NO3/c1-8-11(16-8)12(15)13-7-10(14)9-5-3-2-4-6-9/h2-6,8,11H,7H2,1H3,(H,13,15)/t8-,11-/m1/s1. The van der Waals surface area contributed by atoms with E-state index in [-0.39, 0.29) is 30.4 Å². The van der Waals surface area contributed by atoms with Crippen LogP contribution in [0.2, 0.25) is 0 Å².